The van der Waals surface area contributed by atoms with Crippen LogP contribution in [-0.2, 0) is 6.54 Å². The van der Waals surface area contributed by atoms with Gasteiger partial charge in [0.15, 0.2) is 0 Å². The quantitative estimate of drug-likeness (QED) is 0.811. The molecule has 0 amide bonds. The minimum absolute atomic E-state index is 0.484. The fourth-order valence-electron chi connectivity index (χ4n) is 1.73. The molecule has 0 saturated carbocycles. The van der Waals surface area contributed by atoms with E-state index >= 15 is 0 Å². The Morgan fingerprint density at radius 3 is 2.95 bits per heavy atom. The van der Waals surface area contributed by atoms with Crippen LogP contribution in [0.15, 0.2) is 46.0 Å². The molecular formula is C14H17BrN2OS. The van der Waals surface area contributed by atoms with E-state index in [4.69, 9.17) is 0 Å². The minimum atomic E-state index is -0.484. The van der Waals surface area contributed by atoms with E-state index in [0.29, 0.717) is 5.75 Å². The molecule has 1 atom stereocenters. The van der Waals surface area contributed by atoms with Crippen LogP contribution in [0, 0.1) is 0 Å². The highest BCUT2D eigenvalue weighted by molar-refractivity contribution is 9.10. The summed E-state index contributed by atoms with van der Waals surface area (Å²) in [7, 11) is 0. The first-order valence-electron chi connectivity index (χ1n) is 6.28. The van der Waals surface area contributed by atoms with E-state index < -0.39 is 6.10 Å². The van der Waals surface area contributed by atoms with Crippen molar-refractivity contribution in [2.45, 2.75) is 30.9 Å². The monoisotopic (exact) mass is 340 g/mol. The number of rotatable bonds is 6. The third-order valence-electron chi connectivity index (χ3n) is 2.72. The maximum atomic E-state index is 10.2. The van der Waals surface area contributed by atoms with Crippen molar-refractivity contribution in [3.63, 3.8) is 0 Å². The molecule has 1 heterocycles. The molecule has 1 N–H and O–H groups in total. The highest BCUT2D eigenvalue weighted by Gasteiger charge is 2.11. The van der Waals surface area contributed by atoms with Gasteiger partial charge < -0.3 is 5.11 Å². The zero-order chi connectivity index (χ0) is 13.7. The third kappa shape index (κ3) is 4.09. The summed E-state index contributed by atoms with van der Waals surface area (Å²) in [6.45, 7) is 3.00. The average molecular weight is 341 g/mol. The number of halogens is 1. The maximum Gasteiger partial charge on any atom is 0.0914 e. The molecule has 3 nitrogen and oxygen atoms in total. The number of aliphatic hydroxyl groups is 1. The lowest BCUT2D eigenvalue weighted by molar-refractivity contribution is 0.204. The number of aryl methyl sites for hydroxylation is 1. The van der Waals surface area contributed by atoms with Gasteiger partial charge in [0, 0.05) is 33.4 Å². The van der Waals surface area contributed by atoms with Gasteiger partial charge in [-0.15, -0.1) is 11.8 Å². The van der Waals surface area contributed by atoms with Crippen molar-refractivity contribution < 1.29 is 5.11 Å². The first-order chi connectivity index (χ1) is 9.20. The highest BCUT2D eigenvalue weighted by Crippen LogP contribution is 2.30. The van der Waals surface area contributed by atoms with E-state index in [2.05, 4.69) is 28.0 Å². The van der Waals surface area contributed by atoms with Crippen LogP contribution < -0.4 is 0 Å². The second-order valence-corrected chi connectivity index (χ2v) is 6.21. The van der Waals surface area contributed by atoms with Gasteiger partial charge in [-0.2, -0.15) is 5.10 Å². The summed E-state index contributed by atoms with van der Waals surface area (Å²) in [5, 5.41) is 14.4. The van der Waals surface area contributed by atoms with Gasteiger partial charge in [-0.3, -0.25) is 4.68 Å². The number of aromatic nitrogens is 2. The van der Waals surface area contributed by atoms with Crippen LogP contribution in [0.1, 0.15) is 25.0 Å². The van der Waals surface area contributed by atoms with Crippen LogP contribution in [0.2, 0.25) is 0 Å². The van der Waals surface area contributed by atoms with Crippen molar-refractivity contribution >= 4 is 27.7 Å². The minimum Gasteiger partial charge on any atom is -0.387 e. The number of nitrogens with zero attached hydrogens (tertiary/aromatic N) is 2. The van der Waals surface area contributed by atoms with Gasteiger partial charge in [-0.1, -0.05) is 19.1 Å². The number of thioether (sulfide) groups is 1. The number of hydrogen-bond acceptors (Lipinski definition) is 3. The fraction of sp³-hybridized carbons (Fsp3) is 0.357. The molecule has 0 aliphatic carbocycles. The van der Waals surface area contributed by atoms with Crippen LogP contribution in [0.4, 0.5) is 0 Å². The SMILES string of the molecule is CCCn1cc(C(O)CSc2ccccc2Br)cn1. The molecule has 0 spiro atoms. The molecule has 0 saturated heterocycles. The molecule has 1 unspecified atom stereocenters. The molecule has 19 heavy (non-hydrogen) atoms. The number of hydrogen-bond donors (Lipinski definition) is 1. The Labute approximate surface area is 126 Å². The summed E-state index contributed by atoms with van der Waals surface area (Å²) < 4.78 is 2.94. The lowest BCUT2D eigenvalue weighted by Gasteiger charge is -2.09. The van der Waals surface area contributed by atoms with Crippen molar-refractivity contribution in [3.05, 3.63) is 46.7 Å². The van der Waals surface area contributed by atoms with Gasteiger partial charge >= 0.3 is 0 Å². The summed E-state index contributed by atoms with van der Waals surface area (Å²) in [5.74, 6) is 0.625. The van der Waals surface area contributed by atoms with Gasteiger partial charge in [0.2, 0.25) is 0 Å². The summed E-state index contributed by atoms with van der Waals surface area (Å²) in [5.41, 5.74) is 0.882. The van der Waals surface area contributed by atoms with E-state index in [1.165, 1.54) is 0 Å². The molecular weight excluding hydrogens is 324 g/mol. The lowest BCUT2D eigenvalue weighted by Crippen LogP contribution is -2.00. The van der Waals surface area contributed by atoms with E-state index in [1.54, 1.807) is 18.0 Å². The van der Waals surface area contributed by atoms with Crippen molar-refractivity contribution in [2.24, 2.45) is 0 Å². The molecule has 2 rings (SSSR count). The van der Waals surface area contributed by atoms with Crippen LogP contribution in [0.5, 0.6) is 0 Å². The maximum absolute atomic E-state index is 10.2. The largest absolute Gasteiger partial charge is 0.387 e. The number of aliphatic hydroxyl groups excluding tert-OH is 1. The fourth-order valence-corrected chi connectivity index (χ4v) is 3.27. The Morgan fingerprint density at radius 2 is 2.21 bits per heavy atom. The lowest BCUT2D eigenvalue weighted by atomic mass is 10.2. The van der Waals surface area contributed by atoms with Crippen molar-refractivity contribution in [1.82, 2.24) is 9.78 Å². The summed E-state index contributed by atoms with van der Waals surface area (Å²) >= 11 is 5.15. The molecule has 1 aromatic carbocycles. The van der Waals surface area contributed by atoms with Gasteiger partial charge in [0.05, 0.1) is 12.3 Å². The van der Waals surface area contributed by atoms with E-state index in [1.807, 2.05) is 35.1 Å². The van der Waals surface area contributed by atoms with Crippen molar-refractivity contribution in [2.75, 3.05) is 5.75 Å². The van der Waals surface area contributed by atoms with Crippen LogP contribution in [0.25, 0.3) is 0 Å². The van der Waals surface area contributed by atoms with Gasteiger partial charge in [-0.05, 0) is 34.5 Å². The standard InChI is InChI=1S/C14H17BrN2OS/c1-2-7-17-9-11(8-16-17)13(18)10-19-14-6-4-3-5-12(14)15/h3-6,8-9,13,18H,2,7,10H2,1H3. The highest BCUT2D eigenvalue weighted by atomic mass is 79.9. The smallest absolute Gasteiger partial charge is 0.0914 e. The summed E-state index contributed by atoms with van der Waals surface area (Å²) in [6, 6.07) is 8.04. The van der Waals surface area contributed by atoms with Crippen molar-refractivity contribution in [1.29, 1.82) is 0 Å². The zero-order valence-electron chi connectivity index (χ0n) is 10.8. The molecule has 0 aliphatic rings. The second-order valence-electron chi connectivity index (χ2n) is 4.29. The second kappa shape index (κ2) is 7.12. The summed E-state index contributed by atoms with van der Waals surface area (Å²) in [6.07, 6.45) is 4.24. The van der Waals surface area contributed by atoms with E-state index in [9.17, 15) is 5.11 Å². The molecule has 0 aliphatic heterocycles. The van der Waals surface area contributed by atoms with Gasteiger partial charge in [0.1, 0.15) is 0 Å². The average Bonchev–Trinajstić information content (AvgIpc) is 2.87. The Bertz CT molecular complexity index is 530. The van der Waals surface area contributed by atoms with Crippen LogP contribution in [-0.4, -0.2) is 20.6 Å². The Kier molecular flexibility index (Phi) is 5.48. The first-order valence-corrected chi connectivity index (χ1v) is 8.06. The van der Waals surface area contributed by atoms with Crippen LogP contribution >= 0.6 is 27.7 Å². The Hall–Kier alpha value is -0.780. The predicted molar refractivity (Wildman–Crippen MR) is 82.3 cm³/mol. The third-order valence-corrected chi connectivity index (χ3v) is 4.83. The molecule has 102 valence electrons. The Morgan fingerprint density at radius 1 is 1.42 bits per heavy atom. The molecule has 2 aromatic rings. The van der Waals surface area contributed by atoms with Crippen LogP contribution in [0.3, 0.4) is 0 Å². The van der Waals surface area contributed by atoms with Gasteiger partial charge in [-0.25, -0.2) is 0 Å². The molecule has 0 bridgehead atoms. The zero-order valence-corrected chi connectivity index (χ0v) is 13.2. The normalized spacial score (nSPS) is 12.6. The molecule has 5 heteroatoms. The van der Waals surface area contributed by atoms with Crippen molar-refractivity contribution in [3.8, 4) is 0 Å². The summed E-state index contributed by atoms with van der Waals surface area (Å²) in [4.78, 5) is 1.14. The molecule has 1 aromatic heterocycles. The number of benzene rings is 1. The first kappa shape index (κ1) is 14.6. The van der Waals surface area contributed by atoms with E-state index in [0.717, 1.165) is 27.9 Å². The van der Waals surface area contributed by atoms with E-state index in [-0.39, 0.29) is 0 Å². The topological polar surface area (TPSA) is 38.0 Å². The molecule has 0 fully saturated rings. The molecule has 0 radical (unpaired) electrons. The van der Waals surface area contributed by atoms with Gasteiger partial charge in [0.25, 0.3) is 0 Å². The Balaban J connectivity index is 1.93. The predicted octanol–water partition coefficient (Wildman–Crippen LogP) is 3.88.